The molecule has 0 radical (unpaired) electrons. The van der Waals surface area contributed by atoms with Crippen molar-refractivity contribution in [2.75, 3.05) is 13.6 Å². The quantitative estimate of drug-likeness (QED) is 0.938. The molecule has 2 aromatic rings. The van der Waals surface area contributed by atoms with Crippen molar-refractivity contribution in [3.05, 3.63) is 46.8 Å². The summed E-state index contributed by atoms with van der Waals surface area (Å²) in [4.78, 5) is 13.4. The number of aromatic carboxylic acids is 1. The van der Waals surface area contributed by atoms with Gasteiger partial charge in [-0.15, -0.1) is 0 Å². The first-order chi connectivity index (χ1) is 10.1. The van der Waals surface area contributed by atoms with Crippen LogP contribution in [-0.2, 0) is 19.4 Å². The zero-order chi connectivity index (χ0) is 15.0. The smallest absolute Gasteiger partial charge is 0.335 e. The van der Waals surface area contributed by atoms with E-state index >= 15 is 0 Å². The SMILES string of the molecule is CCc1nn(-c2cccc(C(=O)O)c2)c2c1CN(C)CC2. The summed E-state index contributed by atoms with van der Waals surface area (Å²) >= 11 is 0. The molecule has 0 saturated heterocycles. The fourth-order valence-electron chi connectivity index (χ4n) is 2.89. The number of benzene rings is 1. The van der Waals surface area contributed by atoms with E-state index in [4.69, 9.17) is 10.2 Å². The molecule has 2 heterocycles. The van der Waals surface area contributed by atoms with Crippen molar-refractivity contribution in [3.8, 4) is 5.69 Å². The summed E-state index contributed by atoms with van der Waals surface area (Å²) in [6.07, 6.45) is 1.83. The van der Waals surface area contributed by atoms with Gasteiger partial charge in [0.2, 0.25) is 0 Å². The molecular weight excluding hydrogens is 266 g/mol. The Morgan fingerprint density at radius 3 is 2.95 bits per heavy atom. The van der Waals surface area contributed by atoms with Gasteiger partial charge >= 0.3 is 5.97 Å². The molecule has 0 spiro atoms. The summed E-state index contributed by atoms with van der Waals surface area (Å²) in [7, 11) is 2.12. The number of likely N-dealkylation sites (N-methyl/N-ethyl adjacent to an activating group) is 1. The van der Waals surface area contributed by atoms with Crippen LogP contribution in [0.4, 0.5) is 0 Å². The molecular formula is C16H19N3O2. The Balaban J connectivity index is 2.11. The maximum absolute atomic E-state index is 11.1. The third-order valence-electron chi connectivity index (χ3n) is 4.00. The van der Waals surface area contributed by atoms with E-state index in [1.54, 1.807) is 18.2 Å². The van der Waals surface area contributed by atoms with E-state index in [0.29, 0.717) is 5.56 Å². The molecule has 0 saturated carbocycles. The Bertz CT molecular complexity index is 691. The Morgan fingerprint density at radius 1 is 1.43 bits per heavy atom. The van der Waals surface area contributed by atoms with E-state index in [1.807, 2.05) is 10.7 Å². The van der Waals surface area contributed by atoms with Crippen LogP contribution >= 0.6 is 0 Å². The lowest BCUT2D eigenvalue weighted by molar-refractivity contribution is 0.0697. The number of rotatable bonds is 3. The van der Waals surface area contributed by atoms with Crippen LogP contribution in [0.3, 0.4) is 0 Å². The molecule has 5 nitrogen and oxygen atoms in total. The van der Waals surface area contributed by atoms with Gasteiger partial charge in [-0.3, -0.25) is 0 Å². The maximum Gasteiger partial charge on any atom is 0.335 e. The van der Waals surface area contributed by atoms with Gasteiger partial charge in [-0.1, -0.05) is 13.0 Å². The molecule has 1 aromatic carbocycles. The van der Waals surface area contributed by atoms with Gasteiger partial charge < -0.3 is 10.0 Å². The predicted octanol–water partition coefficient (Wildman–Crippen LogP) is 2.12. The first-order valence-electron chi connectivity index (χ1n) is 7.22. The van der Waals surface area contributed by atoms with Gasteiger partial charge in [-0.05, 0) is 31.7 Å². The van der Waals surface area contributed by atoms with Crippen molar-refractivity contribution < 1.29 is 9.90 Å². The summed E-state index contributed by atoms with van der Waals surface area (Å²) in [5.41, 5.74) is 4.75. The molecule has 0 aliphatic carbocycles. The van der Waals surface area contributed by atoms with Crippen LogP contribution in [0.2, 0.25) is 0 Å². The van der Waals surface area contributed by atoms with Gasteiger partial charge in [0.25, 0.3) is 0 Å². The zero-order valence-corrected chi connectivity index (χ0v) is 12.3. The van der Waals surface area contributed by atoms with Gasteiger partial charge in [0.1, 0.15) is 0 Å². The highest BCUT2D eigenvalue weighted by atomic mass is 16.4. The Labute approximate surface area is 123 Å². The first-order valence-corrected chi connectivity index (χ1v) is 7.22. The number of carboxylic acid groups (broad SMARTS) is 1. The Kier molecular flexibility index (Phi) is 3.51. The summed E-state index contributed by atoms with van der Waals surface area (Å²) in [6, 6.07) is 6.98. The molecule has 3 rings (SSSR count). The van der Waals surface area contributed by atoms with Gasteiger partial charge in [-0.2, -0.15) is 5.10 Å². The second-order valence-electron chi connectivity index (χ2n) is 5.48. The van der Waals surface area contributed by atoms with Gasteiger partial charge in [0.05, 0.1) is 22.6 Å². The minimum atomic E-state index is -0.909. The highest BCUT2D eigenvalue weighted by Gasteiger charge is 2.23. The zero-order valence-electron chi connectivity index (χ0n) is 12.3. The predicted molar refractivity (Wildman–Crippen MR) is 79.9 cm³/mol. The van der Waals surface area contributed by atoms with Crippen LogP contribution in [0.15, 0.2) is 24.3 Å². The molecule has 0 fully saturated rings. The minimum Gasteiger partial charge on any atom is -0.478 e. The molecule has 110 valence electrons. The van der Waals surface area contributed by atoms with Crippen LogP contribution in [-0.4, -0.2) is 39.3 Å². The van der Waals surface area contributed by atoms with E-state index in [9.17, 15) is 4.79 Å². The lowest BCUT2D eigenvalue weighted by atomic mass is 10.0. The molecule has 0 bridgehead atoms. The van der Waals surface area contributed by atoms with E-state index in [-0.39, 0.29) is 0 Å². The first kappa shape index (κ1) is 13.8. The second kappa shape index (κ2) is 5.33. The lowest BCUT2D eigenvalue weighted by Gasteiger charge is -2.23. The van der Waals surface area contributed by atoms with Crippen LogP contribution in [0.25, 0.3) is 5.69 Å². The highest BCUT2D eigenvalue weighted by molar-refractivity contribution is 5.88. The van der Waals surface area contributed by atoms with Crippen LogP contribution in [0.5, 0.6) is 0 Å². The fraction of sp³-hybridized carbons (Fsp3) is 0.375. The molecule has 1 N–H and O–H groups in total. The summed E-state index contributed by atoms with van der Waals surface area (Å²) in [5.74, 6) is -0.909. The monoisotopic (exact) mass is 285 g/mol. The molecule has 0 unspecified atom stereocenters. The van der Waals surface area contributed by atoms with Crippen molar-refractivity contribution in [2.24, 2.45) is 0 Å². The van der Waals surface area contributed by atoms with E-state index in [1.165, 1.54) is 11.3 Å². The molecule has 21 heavy (non-hydrogen) atoms. The van der Waals surface area contributed by atoms with Crippen molar-refractivity contribution in [1.82, 2.24) is 14.7 Å². The van der Waals surface area contributed by atoms with Crippen molar-refractivity contribution in [1.29, 1.82) is 0 Å². The number of hydrogen-bond acceptors (Lipinski definition) is 3. The average Bonchev–Trinajstić information content (AvgIpc) is 2.85. The lowest BCUT2D eigenvalue weighted by Crippen LogP contribution is -2.27. The van der Waals surface area contributed by atoms with Crippen LogP contribution in [0.1, 0.15) is 34.2 Å². The minimum absolute atomic E-state index is 0.294. The largest absolute Gasteiger partial charge is 0.478 e. The third kappa shape index (κ3) is 2.45. The van der Waals surface area contributed by atoms with E-state index in [2.05, 4.69) is 18.9 Å². The highest BCUT2D eigenvalue weighted by Crippen LogP contribution is 2.25. The number of nitrogens with zero attached hydrogens (tertiary/aromatic N) is 3. The summed E-state index contributed by atoms with van der Waals surface area (Å²) < 4.78 is 1.92. The normalized spacial score (nSPS) is 15.0. The number of aryl methyl sites for hydroxylation is 1. The number of fused-ring (bicyclic) bond motifs is 1. The summed E-state index contributed by atoms with van der Waals surface area (Å²) in [6.45, 7) is 4.02. The van der Waals surface area contributed by atoms with Gasteiger partial charge in [-0.25, -0.2) is 9.48 Å². The summed E-state index contributed by atoms with van der Waals surface area (Å²) in [5, 5.41) is 13.9. The van der Waals surface area contributed by atoms with Gasteiger partial charge in [0, 0.05) is 25.1 Å². The van der Waals surface area contributed by atoms with Crippen LogP contribution < -0.4 is 0 Å². The molecule has 5 heteroatoms. The standard InChI is InChI=1S/C16H19N3O2/c1-3-14-13-10-18(2)8-7-15(13)19(17-14)12-6-4-5-11(9-12)16(20)21/h4-6,9H,3,7-8,10H2,1-2H3,(H,20,21). The van der Waals surface area contributed by atoms with E-state index in [0.717, 1.165) is 37.3 Å². The Hall–Kier alpha value is -2.14. The van der Waals surface area contributed by atoms with Crippen molar-refractivity contribution in [3.63, 3.8) is 0 Å². The molecule has 0 amide bonds. The molecule has 0 atom stereocenters. The van der Waals surface area contributed by atoms with Gasteiger partial charge in [0.15, 0.2) is 0 Å². The van der Waals surface area contributed by atoms with Crippen LogP contribution in [0, 0.1) is 0 Å². The van der Waals surface area contributed by atoms with Crippen molar-refractivity contribution >= 4 is 5.97 Å². The third-order valence-corrected chi connectivity index (χ3v) is 4.00. The number of carbonyl (C=O) groups is 1. The second-order valence-corrected chi connectivity index (χ2v) is 5.48. The van der Waals surface area contributed by atoms with Crippen molar-refractivity contribution in [2.45, 2.75) is 26.3 Å². The maximum atomic E-state index is 11.1. The van der Waals surface area contributed by atoms with E-state index < -0.39 is 5.97 Å². The average molecular weight is 285 g/mol. The number of carboxylic acids is 1. The molecule has 1 aliphatic heterocycles. The fourth-order valence-corrected chi connectivity index (χ4v) is 2.89. The number of aromatic nitrogens is 2. The number of hydrogen-bond donors (Lipinski definition) is 1. The molecule has 1 aromatic heterocycles. The topological polar surface area (TPSA) is 58.4 Å². The molecule has 1 aliphatic rings. The Morgan fingerprint density at radius 2 is 2.24 bits per heavy atom.